The second-order valence-electron chi connectivity index (χ2n) is 19.4. The Kier molecular flexibility index (Phi) is 21.4. The molecule has 0 saturated carbocycles. The van der Waals surface area contributed by atoms with Crippen molar-refractivity contribution in [1.29, 1.82) is 0 Å². The van der Waals surface area contributed by atoms with Crippen molar-refractivity contribution in [2.45, 2.75) is 176 Å². The number of phenols is 3. The number of allylic oxidation sites excluding steroid dienone is 2. The van der Waals surface area contributed by atoms with E-state index in [9.17, 15) is 39.9 Å². The Morgan fingerprint density at radius 2 is 1.42 bits per heavy atom. The summed E-state index contributed by atoms with van der Waals surface area (Å²) in [6, 6.07) is 0. The van der Waals surface area contributed by atoms with Gasteiger partial charge in [-0.2, -0.15) is 5.10 Å². The molecule has 2 aromatic rings. The Hall–Kier alpha value is -5.12. The quantitative estimate of drug-likeness (QED) is 0.0205. The van der Waals surface area contributed by atoms with Gasteiger partial charge in [0.2, 0.25) is 0 Å². The van der Waals surface area contributed by atoms with Crippen molar-refractivity contribution in [3.63, 3.8) is 0 Å². The van der Waals surface area contributed by atoms with Crippen LogP contribution in [0.2, 0.25) is 0 Å². The van der Waals surface area contributed by atoms with Crippen LogP contribution < -0.4 is 10.1 Å². The summed E-state index contributed by atoms with van der Waals surface area (Å²) in [5.41, 5.74) is -0.259. The average molecular weight is 964 g/mol. The van der Waals surface area contributed by atoms with Crippen LogP contribution in [0.1, 0.15) is 161 Å². The number of hydrogen-bond donors (Lipinski definition) is 6. The number of nitrogens with one attached hydrogen (secondary N) is 1. The number of esters is 1. The van der Waals surface area contributed by atoms with E-state index < -0.39 is 88.8 Å². The van der Waals surface area contributed by atoms with Gasteiger partial charge < -0.3 is 49.8 Å². The molecule has 0 aliphatic carbocycles. The zero-order valence-electron chi connectivity index (χ0n) is 43.0. The van der Waals surface area contributed by atoms with Gasteiger partial charge in [-0.05, 0) is 32.8 Å². The SMILES string of the molecule is CCCCCCCCN(CCCCCCCC)N=Cc1c2c(O)c3c(O)c(C)c4c(c3c1O)C(=O)C(C)(O/C=C/C(OC)C(C)C(OC(C)=O)C(C)C(O)C(C)C(O)C(C)/C=C/C=C(\C)C(=O)N2)O4. The van der Waals surface area contributed by atoms with Crippen LogP contribution >= 0.6 is 0 Å². The smallest absolute Gasteiger partial charge is 0.312 e. The molecule has 3 heterocycles. The molecule has 3 aliphatic rings. The van der Waals surface area contributed by atoms with Crippen molar-refractivity contribution in [2.75, 3.05) is 25.5 Å². The topological polar surface area (TPSA) is 217 Å². The van der Waals surface area contributed by atoms with Gasteiger partial charge in [-0.3, -0.25) is 19.4 Å². The van der Waals surface area contributed by atoms with Gasteiger partial charge in [-0.25, -0.2) is 0 Å². The van der Waals surface area contributed by atoms with E-state index in [2.05, 4.69) is 19.2 Å². The summed E-state index contributed by atoms with van der Waals surface area (Å²) in [5, 5.41) is 68.5. The zero-order chi connectivity index (χ0) is 51.2. The molecule has 0 saturated heterocycles. The number of nitrogens with zero attached hydrogens (tertiary/aromatic N) is 2. The number of methoxy groups -OCH3 is 1. The predicted molar refractivity (Wildman–Crippen MR) is 270 cm³/mol. The number of fused-ring (bicyclic) bond motifs is 14. The minimum Gasteiger partial charge on any atom is -0.507 e. The average Bonchev–Trinajstić information content (AvgIpc) is 3.58. The zero-order valence-corrected chi connectivity index (χ0v) is 43.0. The molecular formula is C54H81N3O12. The third-order valence-electron chi connectivity index (χ3n) is 13.9. The number of ketones is 1. The lowest BCUT2D eigenvalue weighted by atomic mass is 9.78. The van der Waals surface area contributed by atoms with Crippen LogP contribution in [0.15, 0.2) is 41.2 Å². The van der Waals surface area contributed by atoms with E-state index in [0.717, 1.165) is 64.2 Å². The highest BCUT2D eigenvalue weighted by Gasteiger charge is 2.50. The molecule has 0 aromatic heterocycles. The lowest BCUT2D eigenvalue weighted by Gasteiger charge is -2.38. The number of aliphatic hydroxyl groups excluding tert-OH is 2. The number of unbranched alkanes of at least 4 members (excludes halogenated alkanes) is 10. The molecule has 0 radical (unpaired) electrons. The van der Waals surface area contributed by atoms with E-state index >= 15 is 0 Å². The molecule has 69 heavy (non-hydrogen) atoms. The van der Waals surface area contributed by atoms with Gasteiger partial charge in [0.25, 0.3) is 11.7 Å². The first kappa shape index (κ1) is 56.5. The highest BCUT2D eigenvalue weighted by atomic mass is 16.7. The number of carbonyl (C=O) groups excluding carboxylic acids is 3. The molecule has 5 bridgehead atoms. The van der Waals surface area contributed by atoms with Crippen molar-refractivity contribution in [3.05, 3.63) is 52.8 Å². The van der Waals surface area contributed by atoms with Crippen LogP contribution in [0.5, 0.6) is 23.0 Å². The molecule has 0 fully saturated rings. The fraction of sp³-hybridized carbons (Fsp3) is 0.630. The molecule has 6 N–H and O–H groups in total. The van der Waals surface area contributed by atoms with Gasteiger partial charge in [0.1, 0.15) is 23.4 Å². The molecule has 384 valence electrons. The van der Waals surface area contributed by atoms with Gasteiger partial charge in [0.05, 0.1) is 53.0 Å². The van der Waals surface area contributed by atoms with Crippen molar-refractivity contribution in [2.24, 2.45) is 28.8 Å². The highest BCUT2D eigenvalue weighted by molar-refractivity contribution is 6.23. The molecule has 15 nitrogen and oxygen atoms in total. The van der Waals surface area contributed by atoms with Gasteiger partial charge in [0, 0.05) is 74.2 Å². The van der Waals surface area contributed by atoms with Crippen LogP contribution in [0.4, 0.5) is 5.69 Å². The number of anilines is 1. The Labute approximate surface area is 409 Å². The number of Topliss-reactive ketones (excluding diaryl/α,β-unsaturated/α-hetero) is 1. The Morgan fingerprint density at radius 1 is 0.826 bits per heavy atom. The summed E-state index contributed by atoms with van der Waals surface area (Å²) in [6.45, 7) is 18.3. The summed E-state index contributed by atoms with van der Waals surface area (Å²) in [6.07, 6.45) is 18.0. The number of carbonyl (C=O) groups is 3. The first-order valence-electron chi connectivity index (χ1n) is 25.1. The van der Waals surface area contributed by atoms with Gasteiger partial charge in [-0.1, -0.05) is 124 Å². The second-order valence-corrected chi connectivity index (χ2v) is 19.4. The van der Waals surface area contributed by atoms with Crippen molar-refractivity contribution in [1.82, 2.24) is 5.01 Å². The maximum Gasteiger partial charge on any atom is 0.312 e. The maximum atomic E-state index is 14.7. The maximum absolute atomic E-state index is 14.7. The molecular weight excluding hydrogens is 883 g/mol. The Bertz CT molecular complexity index is 2190. The van der Waals surface area contributed by atoms with E-state index in [1.54, 1.807) is 46.8 Å². The summed E-state index contributed by atoms with van der Waals surface area (Å²) in [5.74, 6) is -8.26. The number of hydrogen-bond acceptors (Lipinski definition) is 14. The van der Waals surface area contributed by atoms with Crippen LogP contribution in [-0.2, 0) is 23.8 Å². The van der Waals surface area contributed by atoms with Gasteiger partial charge in [-0.15, -0.1) is 0 Å². The highest BCUT2D eigenvalue weighted by Crippen LogP contribution is 2.55. The molecule has 15 heteroatoms. The monoisotopic (exact) mass is 964 g/mol. The van der Waals surface area contributed by atoms with Crippen molar-refractivity contribution < 1.29 is 58.9 Å². The number of hydrazone groups is 1. The number of phenolic OH excluding ortho intramolecular Hbond substituents is 3. The second kappa shape index (κ2) is 26.2. The lowest BCUT2D eigenvalue weighted by Crippen LogP contribution is -2.46. The Balaban J connectivity index is 1.93. The summed E-state index contributed by atoms with van der Waals surface area (Å²) in [7, 11) is 1.45. The number of benzene rings is 2. The van der Waals surface area contributed by atoms with Crippen molar-refractivity contribution in [3.8, 4) is 23.0 Å². The van der Waals surface area contributed by atoms with E-state index in [1.807, 2.05) is 5.01 Å². The fourth-order valence-corrected chi connectivity index (χ4v) is 9.39. The van der Waals surface area contributed by atoms with E-state index in [0.29, 0.717) is 13.1 Å². The third kappa shape index (κ3) is 13.8. The number of aromatic hydroxyl groups is 3. The van der Waals surface area contributed by atoms with Crippen LogP contribution in [0, 0.1) is 30.6 Å². The molecule has 3 aliphatic heterocycles. The minimum absolute atomic E-state index is 0.0667. The molecule has 9 atom stereocenters. The van der Waals surface area contributed by atoms with Crippen LogP contribution in [0.25, 0.3) is 10.8 Å². The molecule has 1 amide bonds. The predicted octanol–water partition coefficient (Wildman–Crippen LogP) is 10.1. The molecule has 5 rings (SSSR count). The lowest BCUT2D eigenvalue weighted by molar-refractivity contribution is -0.160. The standard InChI is InChI=1S/C54H81N3O12/c1-12-14-16-18-20-22-28-57(29-23-21-19-17-15-13-2)55-31-39-44-49(63)42-41(48(39)62)43-51(37(8)47(42)61)69-54(10,52(43)64)67-30-27-40(66-11)34(5)50(68-38(9)58)36(7)46(60)35(6)45(59)32(3)25-24-26-33(4)53(65)56-44/h24-27,30-32,34-36,40,45-46,50,59-63H,12-23,28-29H2,1-11H3,(H,56,65)/b25-24+,30-27+,33-26+,55-31?. The van der Waals surface area contributed by atoms with E-state index in [-0.39, 0.29) is 44.5 Å². The van der Waals surface area contributed by atoms with Crippen LogP contribution in [-0.4, -0.2) is 105 Å². The van der Waals surface area contributed by atoms with E-state index in [4.69, 9.17) is 24.0 Å². The van der Waals surface area contributed by atoms with Crippen molar-refractivity contribution >= 4 is 40.3 Å². The first-order chi connectivity index (χ1) is 32.8. The molecule has 2 aromatic carbocycles. The number of rotatable bonds is 18. The normalized spacial score (nSPS) is 27.5. The number of ether oxygens (including phenoxy) is 4. The fourth-order valence-electron chi connectivity index (χ4n) is 9.39. The number of amides is 1. The first-order valence-corrected chi connectivity index (χ1v) is 25.1. The molecule has 0 spiro atoms. The Morgan fingerprint density at radius 3 is 2.00 bits per heavy atom. The number of aliphatic hydroxyl groups is 2. The minimum atomic E-state index is -2.05. The third-order valence-corrected chi connectivity index (χ3v) is 13.9. The summed E-state index contributed by atoms with van der Waals surface area (Å²) < 4.78 is 23.9. The van der Waals surface area contributed by atoms with Gasteiger partial charge in [0.15, 0.2) is 5.75 Å². The largest absolute Gasteiger partial charge is 0.507 e. The van der Waals surface area contributed by atoms with Gasteiger partial charge >= 0.3 is 11.8 Å². The van der Waals surface area contributed by atoms with Crippen LogP contribution in [0.3, 0.4) is 0 Å². The molecule has 9 unspecified atom stereocenters. The summed E-state index contributed by atoms with van der Waals surface area (Å²) >= 11 is 0. The summed E-state index contributed by atoms with van der Waals surface area (Å²) in [4.78, 5) is 41.2. The van der Waals surface area contributed by atoms with E-state index in [1.165, 1.54) is 65.4 Å².